The molecule has 0 aliphatic rings. The van der Waals surface area contributed by atoms with Gasteiger partial charge in [0, 0.05) is 18.8 Å². The van der Waals surface area contributed by atoms with Crippen LogP contribution in [0.3, 0.4) is 0 Å². The van der Waals surface area contributed by atoms with Crippen molar-refractivity contribution in [2.45, 2.75) is 26.5 Å². The van der Waals surface area contributed by atoms with E-state index in [9.17, 15) is 0 Å². The molecule has 15 heavy (non-hydrogen) atoms. The third-order valence-electron chi connectivity index (χ3n) is 2.83. The molecule has 1 aromatic rings. The number of aryl methyl sites for hydroxylation is 1. The number of benzene rings is 1. The smallest absolute Gasteiger partial charge is 0.0684 e. The average molecular weight is 209 g/mol. The molecule has 0 aliphatic carbocycles. The minimum atomic E-state index is 0.0748. The van der Waals surface area contributed by atoms with Crippen LogP contribution in [-0.2, 0) is 6.61 Å². The largest absolute Gasteiger partial charge is 0.394 e. The van der Waals surface area contributed by atoms with Crippen molar-refractivity contribution in [2.24, 2.45) is 0 Å². The highest BCUT2D eigenvalue weighted by Crippen LogP contribution is 2.19. The Morgan fingerprint density at radius 1 is 1.33 bits per heavy atom. The molecule has 84 valence electrons. The number of anilines is 1. The van der Waals surface area contributed by atoms with Crippen molar-refractivity contribution in [1.29, 1.82) is 0 Å². The van der Waals surface area contributed by atoms with Crippen LogP contribution in [0.2, 0.25) is 0 Å². The SMILES string of the molecule is Cc1cc(N(C)C(C)CO)ccc1CO. The van der Waals surface area contributed by atoms with E-state index >= 15 is 0 Å². The molecule has 0 aromatic heterocycles. The van der Waals surface area contributed by atoms with Crippen LogP contribution >= 0.6 is 0 Å². The van der Waals surface area contributed by atoms with Crippen molar-refractivity contribution in [3.63, 3.8) is 0 Å². The molecule has 0 fully saturated rings. The zero-order chi connectivity index (χ0) is 11.4. The standard InChI is InChI=1S/C12H19NO2/c1-9-6-12(5-4-11(9)8-15)13(3)10(2)7-14/h4-6,10,14-15H,7-8H2,1-3H3. The lowest BCUT2D eigenvalue weighted by atomic mass is 10.1. The molecule has 0 radical (unpaired) electrons. The molecule has 0 amide bonds. The Morgan fingerprint density at radius 2 is 2.00 bits per heavy atom. The topological polar surface area (TPSA) is 43.7 Å². The molecule has 0 bridgehead atoms. The zero-order valence-electron chi connectivity index (χ0n) is 9.57. The van der Waals surface area contributed by atoms with E-state index in [-0.39, 0.29) is 19.3 Å². The van der Waals surface area contributed by atoms with Crippen LogP contribution in [-0.4, -0.2) is 29.9 Å². The monoisotopic (exact) mass is 209 g/mol. The van der Waals surface area contributed by atoms with Crippen molar-refractivity contribution in [3.8, 4) is 0 Å². The summed E-state index contributed by atoms with van der Waals surface area (Å²) in [7, 11) is 1.95. The summed E-state index contributed by atoms with van der Waals surface area (Å²) in [5, 5.41) is 18.1. The van der Waals surface area contributed by atoms with Gasteiger partial charge in [-0.05, 0) is 37.1 Å². The fourth-order valence-corrected chi connectivity index (χ4v) is 1.45. The van der Waals surface area contributed by atoms with Crippen molar-refractivity contribution in [2.75, 3.05) is 18.6 Å². The van der Waals surface area contributed by atoms with E-state index in [4.69, 9.17) is 10.2 Å². The van der Waals surface area contributed by atoms with Gasteiger partial charge in [-0.3, -0.25) is 0 Å². The van der Waals surface area contributed by atoms with E-state index in [1.54, 1.807) is 0 Å². The summed E-state index contributed by atoms with van der Waals surface area (Å²) >= 11 is 0. The fraction of sp³-hybridized carbons (Fsp3) is 0.500. The molecule has 3 heteroatoms. The van der Waals surface area contributed by atoms with Gasteiger partial charge >= 0.3 is 0 Å². The summed E-state index contributed by atoms with van der Waals surface area (Å²) in [5.41, 5.74) is 3.09. The highest BCUT2D eigenvalue weighted by Gasteiger charge is 2.09. The predicted octanol–water partition coefficient (Wildman–Crippen LogP) is 1.30. The van der Waals surface area contributed by atoms with E-state index in [1.165, 1.54) is 0 Å². The molecule has 0 spiro atoms. The molecule has 0 heterocycles. The van der Waals surface area contributed by atoms with Crippen LogP contribution < -0.4 is 4.90 Å². The molecule has 0 saturated carbocycles. The Hall–Kier alpha value is -1.06. The molecular formula is C12H19NO2. The van der Waals surface area contributed by atoms with Crippen LogP contribution in [0, 0.1) is 6.92 Å². The van der Waals surface area contributed by atoms with Gasteiger partial charge in [0.25, 0.3) is 0 Å². The van der Waals surface area contributed by atoms with Gasteiger partial charge in [-0.1, -0.05) is 6.07 Å². The van der Waals surface area contributed by atoms with E-state index < -0.39 is 0 Å². The molecule has 1 atom stereocenters. The van der Waals surface area contributed by atoms with E-state index in [0.29, 0.717) is 0 Å². The van der Waals surface area contributed by atoms with Crippen molar-refractivity contribution < 1.29 is 10.2 Å². The second kappa shape index (κ2) is 5.14. The lowest BCUT2D eigenvalue weighted by Crippen LogP contribution is -2.31. The summed E-state index contributed by atoms with van der Waals surface area (Å²) < 4.78 is 0. The Labute approximate surface area is 91.0 Å². The van der Waals surface area contributed by atoms with E-state index in [2.05, 4.69) is 0 Å². The summed E-state index contributed by atoms with van der Waals surface area (Å²) in [5.74, 6) is 0. The van der Waals surface area contributed by atoms with Crippen LogP contribution in [0.4, 0.5) is 5.69 Å². The van der Waals surface area contributed by atoms with Crippen LogP contribution in [0.1, 0.15) is 18.1 Å². The Bertz CT molecular complexity index is 325. The molecule has 3 nitrogen and oxygen atoms in total. The summed E-state index contributed by atoms with van der Waals surface area (Å²) in [6.07, 6.45) is 0. The Morgan fingerprint density at radius 3 is 2.47 bits per heavy atom. The number of aliphatic hydroxyl groups is 2. The highest BCUT2D eigenvalue weighted by molar-refractivity contribution is 5.50. The predicted molar refractivity (Wildman–Crippen MR) is 62.1 cm³/mol. The maximum Gasteiger partial charge on any atom is 0.0684 e. The first kappa shape index (κ1) is 12.0. The van der Waals surface area contributed by atoms with E-state index in [1.807, 2.05) is 44.0 Å². The van der Waals surface area contributed by atoms with Gasteiger partial charge in [-0.2, -0.15) is 0 Å². The molecule has 1 unspecified atom stereocenters. The minimum Gasteiger partial charge on any atom is -0.394 e. The number of aliphatic hydroxyl groups excluding tert-OH is 2. The third-order valence-corrected chi connectivity index (χ3v) is 2.83. The molecule has 0 saturated heterocycles. The molecular weight excluding hydrogens is 190 g/mol. The maximum absolute atomic E-state index is 9.05. The second-order valence-corrected chi connectivity index (χ2v) is 3.91. The molecule has 1 aromatic carbocycles. The normalized spacial score (nSPS) is 12.6. The average Bonchev–Trinajstić information content (AvgIpc) is 2.26. The van der Waals surface area contributed by atoms with Gasteiger partial charge in [-0.25, -0.2) is 0 Å². The minimum absolute atomic E-state index is 0.0748. The first-order valence-corrected chi connectivity index (χ1v) is 5.14. The summed E-state index contributed by atoms with van der Waals surface area (Å²) in [6, 6.07) is 6.01. The summed E-state index contributed by atoms with van der Waals surface area (Å²) in [6.45, 7) is 4.16. The van der Waals surface area contributed by atoms with Crippen molar-refractivity contribution >= 4 is 5.69 Å². The molecule has 2 N–H and O–H groups in total. The molecule has 0 aliphatic heterocycles. The third kappa shape index (κ3) is 2.70. The highest BCUT2D eigenvalue weighted by atomic mass is 16.3. The summed E-state index contributed by atoms with van der Waals surface area (Å²) in [4.78, 5) is 2.02. The van der Waals surface area contributed by atoms with Gasteiger partial charge in [-0.15, -0.1) is 0 Å². The zero-order valence-corrected chi connectivity index (χ0v) is 9.57. The Kier molecular flexibility index (Phi) is 4.12. The van der Waals surface area contributed by atoms with Crippen LogP contribution in [0.5, 0.6) is 0 Å². The molecule has 1 rings (SSSR count). The number of hydrogen-bond acceptors (Lipinski definition) is 3. The van der Waals surface area contributed by atoms with Gasteiger partial charge in [0.1, 0.15) is 0 Å². The van der Waals surface area contributed by atoms with Gasteiger partial charge in [0.2, 0.25) is 0 Å². The number of rotatable bonds is 4. The second-order valence-electron chi connectivity index (χ2n) is 3.91. The van der Waals surface area contributed by atoms with Crippen molar-refractivity contribution in [1.82, 2.24) is 0 Å². The first-order chi connectivity index (χ1) is 7.10. The first-order valence-electron chi connectivity index (χ1n) is 5.14. The van der Waals surface area contributed by atoms with Gasteiger partial charge in [0.05, 0.1) is 13.2 Å². The lowest BCUT2D eigenvalue weighted by molar-refractivity contribution is 0.270. The van der Waals surface area contributed by atoms with Crippen LogP contribution in [0.15, 0.2) is 18.2 Å². The Balaban J connectivity index is 2.92. The van der Waals surface area contributed by atoms with Gasteiger partial charge < -0.3 is 15.1 Å². The fourth-order valence-electron chi connectivity index (χ4n) is 1.45. The number of nitrogens with zero attached hydrogens (tertiary/aromatic N) is 1. The number of likely N-dealkylation sites (N-methyl/N-ethyl adjacent to an activating group) is 1. The van der Waals surface area contributed by atoms with Crippen molar-refractivity contribution in [3.05, 3.63) is 29.3 Å². The quantitative estimate of drug-likeness (QED) is 0.785. The van der Waals surface area contributed by atoms with E-state index in [0.717, 1.165) is 16.8 Å². The number of hydrogen-bond donors (Lipinski definition) is 2. The lowest BCUT2D eigenvalue weighted by Gasteiger charge is -2.26. The maximum atomic E-state index is 9.05. The van der Waals surface area contributed by atoms with Crippen LogP contribution in [0.25, 0.3) is 0 Å². The van der Waals surface area contributed by atoms with Gasteiger partial charge in [0.15, 0.2) is 0 Å².